The van der Waals surface area contributed by atoms with Crippen molar-refractivity contribution < 1.29 is 18.7 Å². The largest absolute Gasteiger partial charge is 0.468 e. The van der Waals surface area contributed by atoms with E-state index in [0.29, 0.717) is 31.3 Å². The number of hydrogen-bond donors (Lipinski definition) is 1. The van der Waals surface area contributed by atoms with Crippen LogP contribution in [-0.2, 0) is 13.1 Å². The first-order valence-corrected chi connectivity index (χ1v) is 12.0. The smallest absolute Gasteiger partial charge is 0.227 e. The van der Waals surface area contributed by atoms with E-state index in [1.807, 2.05) is 49.4 Å². The molecular weight excluding hydrogens is 445 g/mol. The van der Waals surface area contributed by atoms with Crippen LogP contribution in [0, 0.1) is 12.7 Å². The van der Waals surface area contributed by atoms with Crippen molar-refractivity contribution in [2.75, 3.05) is 6.54 Å². The van der Waals surface area contributed by atoms with Crippen LogP contribution in [0.3, 0.4) is 0 Å². The van der Waals surface area contributed by atoms with E-state index in [4.69, 9.17) is 14.3 Å². The Morgan fingerprint density at radius 1 is 1.09 bits per heavy atom. The third kappa shape index (κ3) is 6.59. The van der Waals surface area contributed by atoms with E-state index in [9.17, 15) is 9.50 Å². The van der Waals surface area contributed by atoms with E-state index in [2.05, 4.69) is 11.8 Å². The van der Waals surface area contributed by atoms with Gasteiger partial charge in [-0.25, -0.2) is 9.07 Å². The summed E-state index contributed by atoms with van der Waals surface area (Å²) in [6.07, 6.45) is 3.93. The number of benzene rings is 2. The highest BCUT2D eigenvalue weighted by Crippen LogP contribution is 2.32. The predicted octanol–water partition coefficient (Wildman–Crippen LogP) is 6.26. The molecule has 0 aliphatic rings. The molecule has 0 radical (unpaired) electrons. The summed E-state index contributed by atoms with van der Waals surface area (Å²) in [6, 6.07) is 19.6. The predicted molar refractivity (Wildman–Crippen MR) is 133 cm³/mol. The standard InChI is InChI=1S/C28H32FN3O3/c1-3-4-13-24(33)18-31(19-26-15-9-16-34-26)20-27-21(2)30-32(23-11-6-5-7-12-23)28(27)35-25-14-8-10-22(29)17-25/h5-12,14-17,24,33H,3-4,13,18-20H2,1-2H3/t24-/m1/s1. The second-order valence-electron chi connectivity index (χ2n) is 8.72. The van der Waals surface area contributed by atoms with Crippen LogP contribution in [0.15, 0.2) is 77.4 Å². The highest BCUT2D eigenvalue weighted by molar-refractivity contribution is 5.43. The fourth-order valence-corrected chi connectivity index (χ4v) is 4.07. The molecule has 0 amide bonds. The Balaban J connectivity index is 1.69. The quantitative estimate of drug-likeness (QED) is 0.261. The molecule has 2 aromatic heterocycles. The Morgan fingerprint density at radius 2 is 1.91 bits per heavy atom. The molecule has 4 aromatic rings. The summed E-state index contributed by atoms with van der Waals surface area (Å²) in [5.41, 5.74) is 2.51. The van der Waals surface area contributed by atoms with Gasteiger partial charge in [0.2, 0.25) is 5.88 Å². The molecule has 1 N–H and O–H groups in total. The Kier molecular flexibility index (Phi) is 8.34. The van der Waals surface area contributed by atoms with Crippen LogP contribution in [0.1, 0.15) is 43.2 Å². The SMILES string of the molecule is CCCC[C@@H](O)CN(Cc1ccco1)Cc1c(C)nn(-c2ccccc2)c1Oc1cccc(F)c1. The van der Waals surface area contributed by atoms with Gasteiger partial charge in [0.1, 0.15) is 17.3 Å². The van der Waals surface area contributed by atoms with Crippen LogP contribution in [0.2, 0.25) is 0 Å². The van der Waals surface area contributed by atoms with Gasteiger partial charge in [0.25, 0.3) is 0 Å². The van der Waals surface area contributed by atoms with Gasteiger partial charge < -0.3 is 14.3 Å². The molecule has 0 spiro atoms. The van der Waals surface area contributed by atoms with Crippen LogP contribution in [0.5, 0.6) is 11.6 Å². The summed E-state index contributed by atoms with van der Waals surface area (Å²) in [5.74, 6) is 1.36. The van der Waals surface area contributed by atoms with E-state index in [0.717, 1.165) is 42.0 Å². The fourth-order valence-electron chi connectivity index (χ4n) is 4.07. The van der Waals surface area contributed by atoms with Gasteiger partial charge in [-0.15, -0.1) is 0 Å². The summed E-state index contributed by atoms with van der Waals surface area (Å²) in [6.45, 7) is 5.55. The van der Waals surface area contributed by atoms with Gasteiger partial charge in [-0.05, 0) is 49.7 Å². The maximum absolute atomic E-state index is 13.9. The fraction of sp³-hybridized carbons (Fsp3) is 0.321. The Morgan fingerprint density at radius 3 is 2.63 bits per heavy atom. The number of aliphatic hydroxyl groups is 1. The van der Waals surface area contributed by atoms with E-state index >= 15 is 0 Å². The topological polar surface area (TPSA) is 63.7 Å². The first-order valence-electron chi connectivity index (χ1n) is 12.0. The zero-order chi connectivity index (χ0) is 24.6. The molecule has 0 fully saturated rings. The lowest BCUT2D eigenvalue weighted by Crippen LogP contribution is -2.32. The molecule has 0 unspecified atom stereocenters. The minimum atomic E-state index is -0.457. The van der Waals surface area contributed by atoms with E-state index < -0.39 is 6.10 Å². The maximum atomic E-state index is 13.9. The molecule has 7 heteroatoms. The molecular formula is C28H32FN3O3. The van der Waals surface area contributed by atoms with Crippen molar-refractivity contribution in [3.8, 4) is 17.3 Å². The second-order valence-corrected chi connectivity index (χ2v) is 8.72. The number of rotatable bonds is 12. The third-order valence-corrected chi connectivity index (χ3v) is 5.85. The molecule has 0 saturated carbocycles. The summed E-state index contributed by atoms with van der Waals surface area (Å²) in [7, 11) is 0. The third-order valence-electron chi connectivity index (χ3n) is 5.85. The lowest BCUT2D eigenvalue weighted by atomic mass is 10.1. The molecule has 2 heterocycles. The lowest BCUT2D eigenvalue weighted by molar-refractivity contribution is 0.0915. The number of hydrogen-bond acceptors (Lipinski definition) is 5. The molecule has 0 saturated heterocycles. The van der Waals surface area contributed by atoms with Crippen LogP contribution >= 0.6 is 0 Å². The van der Waals surface area contributed by atoms with E-state index in [1.54, 1.807) is 23.1 Å². The van der Waals surface area contributed by atoms with Gasteiger partial charge in [0.15, 0.2) is 0 Å². The molecule has 0 bridgehead atoms. The Bertz CT molecular complexity index is 1190. The van der Waals surface area contributed by atoms with Crippen molar-refractivity contribution in [1.29, 1.82) is 0 Å². The highest BCUT2D eigenvalue weighted by atomic mass is 19.1. The highest BCUT2D eigenvalue weighted by Gasteiger charge is 2.23. The van der Waals surface area contributed by atoms with Crippen molar-refractivity contribution in [3.05, 3.63) is 95.8 Å². The summed E-state index contributed by atoms with van der Waals surface area (Å²) in [5, 5.41) is 15.4. The van der Waals surface area contributed by atoms with Crippen molar-refractivity contribution in [2.45, 2.75) is 52.3 Å². The average molecular weight is 478 g/mol. The average Bonchev–Trinajstić information content (AvgIpc) is 3.47. The first-order chi connectivity index (χ1) is 17.0. The summed E-state index contributed by atoms with van der Waals surface area (Å²) < 4.78 is 27.5. The number of unbranched alkanes of at least 4 members (excludes halogenated alkanes) is 1. The maximum Gasteiger partial charge on any atom is 0.227 e. The molecule has 2 aromatic carbocycles. The van der Waals surface area contributed by atoms with Gasteiger partial charge in [-0.3, -0.25) is 4.90 Å². The molecule has 35 heavy (non-hydrogen) atoms. The number of aromatic nitrogens is 2. The van der Waals surface area contributed by atoms with Crippen LogP contribution in [0.4, 0.5) is 4.39 Å². The van der Waals surface area contributed by atoms with Crippen molar-refractivity contribution in [2.24, 2.45) is 0 Å². The molecule has 1 atom stereocenters. The number of nitrogens with zero attached hydrogens (tertiary/aromatic N) is 3. The second kappa shape index (κ2) is 11.8. The summed E-state index contributed by atoms with van der Waals surface area (Å²) in [4.78, 5) is 2.14. The number of aliphatic hydroxyl groups excluding tert-OH is 1. The number of para-hydroxylation sites is 1. The molecule has 6 nitrogen and oxygen atoms in total. The zero-order valence-corrected chi connectivity index (χ0v) is 20.2. The zero-order valence-electron chi connectivity index (χ0n) is 20.2. The first kappa shape index (κ1) is 24.7. The normalized spacial score (nSPS) is 12.3. The van der Waals surface area contributed by atoms with Crippen LogP contribution < -0.4 is 4.74 Å². The van der Waals surface area contributed by atoms with Crippen molar-refractivity contribution in [3.63, 3.8) is 0 Å². The summed E-state index contributed by atoms with van der Waals surface area (Å²) >= 11 is 0. The van der Waals surface area contributed by atoms with Crippen LogP contribution in [0.25, 0.3) is 5.69 Å². The van der Waals surface area contributed by atoms with Crippen LogP contribution in [-0.4, -0.2) is 32.4 Å². The minimum absolute atomic E-state index is 0.370. The van der Waals surface area contributed by atoms with E-state index in [-0.39, 0.29) is 5.82 Å². The molecule has 0 aliphatic carbocycles. The van der Waals surface area contributed by atoms with Gasteiger partial charge in [0.05, 0.1) is 35.9 Å². The number of furan rings is 1. The minimum Gasteiger partial charge on any atom is -0.468 e. The monoisotopic (exact) mass is 477 g/mol. The molecule has 4 rings (SSSR count). The lowest BCUT2D eigenvalue weighted by Gasteiger charge is -2.24. The van der Waals surface area contributed by atoms with E-state index in [1.165, 1.54) is 12.1 Å². The van der Waals surface area contributed by atoms with Crippen molar-refractivity contribution >= 4 is 0 Å². The van der Waals surface area contributed by atoms with Gasteiger partial charge in [-0.1, -0.05) is 44.0 Å². The number of aryl methyl sites for hydroxylation is 1. The van der Waals surface area contributed by atoms with Gasteiger partial charge >= 0.3 is 0 Å². The number of ether oxygens (including phenoxy) is 1. The number of halogens is 1. The molecule has 0 aliphatic heterocycles. The molecule has 184 valence electrons. The van der Waals surface area contributed by atoms with Gasteiger partial charge in [-0.2, -0.15) is 5.10 Å². The Hall–Kier alpha value is -3.42. The Labute approximate surface area is 205 Å². The van der Waals surface area contributed by atoms with Gasteiger partial charge in [0, 0.05) is 19.2 Å². The van der Waals surface area contributed by atoms with Crippen molar-refractivity contribution in [1.82, 2.24) is 14.7 Å².